The minimum Gasteiger partial charge on any atom is -0.397 e. The molecule has 0 aliphatic rings. The number of benzene rings is 1. The highest BCUT2D eigenvalue weighted by Gasteiger charge is 2.09. The van der Waals surface area contributed by atoms with Gasteiger partial charge in [-0.1, -0.05) is 11.6 Å². The molecule has 0 spiro atoms. The third kappa shape index (κ3) is 2.02. The van der Waals surface area contributed by atoms with E-state index in [1.165, 1.54) is 2.88 Å². The van der Waals surface area contributed by atoms with Gasteiger partial charge in [-0.05, 0) is 40.8 Å². The highest BCUT2D eigenvalue weighted by molar-refractivity contribution is 14.1. The summed E-state index contributed by atoms with van der Waals surface area (Å²) in [5.41, 5.74) is 9.20. The fourth-order valence-corrected chi connectivity index (χ4v) is 3.24. The molecule has 3 N–H and O–H groups in total. The SMILES string of the molecule is Nc1cc(Cl)cc2[nH]c(-c3csc(I)c3)nc12. The number of aromatic amines is 1. The third-order valence-electron chi connectivity index (χ3n) is 2.42. The van der Waals surface area contributed by atoms with E-state index in [1.807, 2.05) is 6.07 Å². The summed E-state index contributed by atoms with van der Waals surface area (Å²) in [5.74, 6) is 0.827. The van der Waals surface area contributed by atoms with Gasteiger partial charge in [-0.25, -0.2) is 4.98 Å². The second-order valence-corrected chi connectivity index (χ2v) is 6.86. The molecule has 3 aromatic rings. The second-order valence-electron chi connectivity index (χ2n) is 3.62. The van der Waals surface area contributed by atoms with Gasteiger partial charge in [0.15, 0.2) is 0 Å². The number of nitrogen functional groups attached to an aromatic ring is 1. The highest BCUT2D eigenvalue weighted by Crippen LogP contribution is 2.29. The number of hydrogen-bond donors (Lipinski definition) is 2. The van der Waals surface area contributed by atoms with Crippen molar-refractivity contribution in [2.75, 3.05) is 5.73 Å². The van der Waals surface area contributed by atoms with E-state index in [2.05, 4.69) is 44.0 Å². The lowest BCUT2D eigenvalue weighted by atomic mass is 10.3. The first-order chi connectivity index (χ1) is 8.13. The summed E-state index contributed by atoms with van der Waals surface area (Å²) < 4.78 is 1.23. The van der Waals surface area contributed by atoms with Crippen molar-refractivity contribution in [2.45, 2.75) is 0 Å². The zero-order valence-electron chi connectivity index (χ0n) is 8.50. The highest BCUT2D eigenvalue weighted by atomic mass is 127. The molecular formula is C11H7ClIN3S. The van der Waals surface area contributed by atoms with Crippen LogP contribution in [0.2, 0.25) is 5.02 Å². The largest absolute Gasteiger partial charge is 0.397 e. The lowest BCUT2D eigenvalue weighted by Gasteiger charge is -1.94. The Morgan fingerprint density at radius 3 is 2.88 bits per heavy atom. The Bertz CT molecular complexity index is 704. The van der Waals surface area contributed by atoms with Gasteiger partial charge in [-0.2, -0.15) is 0 Å². The van der Waals surface area contributed by atoms with E-state index in [0.717, 1.165) is 22.4 Å². The molecule has 0 aliphatic carbocycles. The Morgan fingerprint density at radius 2 is 2.18 bits per heavy atom. The summed E-state index contributed by atoms with van der Waals surface area (Å²) in [6, 6.07) is 5.63. The third-order valence-corrected chi connectivity index (χ3v) is 4.43. The van der Waals surface area contributed by atoms with Crippen molar-refractivity contribution in [2.24, 2.45) is 0 Å². The van der Waals surface area contributed by atoms with Crippen LogP contribution in [0.4, 0.5) is 5.69 Å². The fourth-order valence-electron chi connectivity index (χ4n) is 1.68. The van der Waals surface area contributed by atoms with Crippen molar-refractivity contribution in [1.82, 2.24) is 9.97 Å². The van der Waals surface area contributed by atoms with Gasteiger partial charge in [-0.15, -0.1) is 11.3 Å². The number of H-pyrrole nitrogens is 1. The van der Waals surface area contributed by atoms with Crippen molar-refractivity contribution in [3.63, 3.8) is 0 Å². The monoisotopic (exact) mass is 375 g/mol. The molecule has 2 heterocycles. The van der Waals surface area contributed by atoms with E-state index < -0.39 is 0 Å². The molecule has 1 aromatic carbocycles. The van der Waals surface area contributed by atoms with Crippen LogP contribution in [0.5, 0.6) is 0 Å². The normalized spacial score (nSPS) is 11.2. The van der Waals surface area contributed by atoms with Gasteiger partial charge in [0.25, 0.3) is 0 Å². The smallest absolute Gasteiger partial charge is 0.139 e. The molecule has 2 aromatic heterocycles. The Hall–Kier alpha value is -0.790. The summed E-state index contributed by atoms with van der Waals surface area (Å²) in [6.45, 7) is 0. The average molecular weight is 376 g/mol. The molecule has 0 aliphatic heterocycles. The summed E-state index contributed by atoms with van der Waals surface area (Å²) in [4.78, 5) is 7.74. The maximum Gasteiger partial charge on any atom is 0.139 e. The van der Waals surface area contributed by atoms with Crippen LogP contribution in [-0.4, -0.2) is 9.97 Å². The van der Waals surface area contributed by atoms with Crippen LogP contribution in [0.1, 0.15) is 0 Å². The first kappa shape index (κ1) is 11.3. The van der Waals surface area contributed by atoms with Crippen molar-refractivity contribution >= 4 is 62.2 Å². The minimum absolute atomic E-state index is 0.597. The van der Waals surface area contributed by atoms with Gasteiger partial charge in [0, 0.05) is 16.0 Å². The Morgan fingerprint density at radius 1 is 1.35 bits per heavy atom. The van der Waals surface area contributed by atoms with Gasteiger partial charge in [0.05, 0.1) is 14.1 Å². The zero-order valence-corrected chi connectivity index (χ0v) is 12.2. The number of nitrogens with one attached hydrogen (secondary N) is 1. The quantitative estimate of drug-likeness (QED) is 0.496. The van der Waals surface area contributed by atoms with Gasteiger partial charge in [-0.3, -0.25) is 0 Å². The molecule has 86 valence electrons. The van der Waals surface area contributed by atoms with Crippen molar-refractivity contribution < 1.29 is 0 Å². The molecule has 0 unspecified atom stereocenters. The molecule has 0 amide bonds. The maximum absolute atomic E-state index is 5.96. The van der Waals surface area contributed by atoms with Crippen LogP contribution in [0.25, 0.3) is 22.4 Å². The number of thiophene rings is 1. The van der Waals surface area contributed by atoms with Gasteiger partial charge in [0.1, 0.15) is 11.3 Å². The van der Waals surface area contributed by atoms with E-state index in [9.17, 15) is 0 Å². The number of nitrogens with two attached hydrogens (primary N) is 1. The van der Waals surface area contributed by atoms with Gasteiger partial charge >= 0.3 is 0 Å². The lowest BCUT2D eigenvalue weighted by Crippen LogP contribution is -1.86. The predicted octanol–water partition coefficient (Wildman–Crippen LogP) is 4.13. The van der Waals surface area contributed by atoms with Crippen LogP contribution >= 0.6 is 45.5 Å². The number of rotatable bonds is 1. The van der Waals surface area contributed by atoms with Crippen LogP contribution < -0.4 is 5.73 Å². The van der Waals surface area contributed by atoms with Gasteiger partial charge < -0.3 is 10.7 Å². The molecule has 0 radical (unpaired) electrons. The number of aromatic nitrogens is 2. The Labute approximate surface area is 120 Å². The predicted molar refractivity (Wildman–Crippen MR) is 81.5 cm³/mol. The molecule has 6 heteroatoms. The standard InChI is InChI=1S/C11H7ClIN3S/c12-6-2-7(14)10-8(3-6)15-11(16-10)5-1-9(13)17-4-5/h1-4H,14H2,(H,15,16). The molecular weight excluding hydrogens is 369 g/mol. The molecule has 17 heavy (non-hydrogen) atoms. The minimum atomic E-state index is 0.597. The topological polar surface area (TPSA) is 54.7 Å². The van der Waals surface area contributed by atoms with E-state index in [0.29, 0.717) is 10.7 Å². The first-order valence-corrected chi connectivity index (χ1v) is 7.16. The zero-order chi connectivity index (χ0) is 12.0. The van der Waals surface area contributed by atoms with Crippen LogP contribution in [0, 0.1) is 2.88 Å². The van der Waals surface area contributed by atoms with E-state index in [1.54, 1.807) is 17.4 Å². The number of hydrogen-bond acceptors (Lipinski definition) is 3. The number of nitrogens with zero attached hydrogens (tertiary/aromatic N) is 1. The Kier molecular flexibility index (Phi) is 2.76. The van der Waals surface area contributed by atoms with Crippen molar-refractivity contribution in [3.05, 3.63) is 31.5 Å². The second kappa shape index (κ2) is 4.15. The number of imidazole rings is 1. The number of fused-ring (bicyclic) bond motifs is 1. The summed E-state index contributed by atoms with van der Waals surface area (Å²) >= 11 is 9.93. The summed E-state index contributed by atoms with van der Waals surface area (Å²) in [7, 11) is 0. The molecule has 0 fully saturated rings. The van der Waals surface area contributed by atoms with Crippen molar-refractivity contribution in [3.8, 4) is 11.4 Å². The van der Waals surface area contributed by atoms with Crippen LogP contribution in [0.3, 0.4) is 0 Å². The van der Waals surface area contributed by atoms with Gasteiger partial charge in [0.2, 0.25) is 0 Å². The molecule has 0 saturated heterocycles. The number of anilines is 1. The van der Waals surface area contributed by atoms with Crippen LogP contribution in [0.15, 0.2) is 23.6 Å². The van der Waals surface area contributed by atoms with Crippen molar-refractivity contribution in [1.29, 1.82) is 0 Å². The summed E-state index contributed by atoms with van der Waals surface area (Å²) in [6.07, 6.45) is 0. The molecule has 3 rings (SSSR count). The maximum atomic E-state index is 5.96. The van der Waals surface area contributed by atoms with E-state index >= 15 is 0 Å². The number of halogens is 2. The van der Waals surface area contributed by atoms with E-state index in [4.69, 9.17) is 17.3 Å². The molecule has 0 bridgehead atoms. The van der Waals surface area contributed by atoms with E-state index in [-0.39, 0.29) is 0 Å². The lowest BCUT2D eigenvalue weighted by molar-refractivity contribution is 1.35. The molecule has 3 nitrogen and oxygen atoms in total. The first-order valence-electron chi connectivity index (χ1n) is 4.82. The Balaban J connectivity index is 2.23. The average Bonchev–Trinajstić information content (AvgIpc) is 2.83. The summed E-state index contributed by atoms with van der Waals surface area (Å²) in [5, 5.41) is 2.68. The molecule has 0 saturated carbocycles. The fraction of sp³-hybridized carbons (Fsp3) is 0. The van der Waals surface area contributed by atoms with Crippen LogP contribution in [-0.2, 0) is 0 Å². The molecule has 0 atom stereocenters.